The average molecular weight is 337 g/mol. The number of aromatic nitrogens is 2. The summed E-state index contributed by atoms with van der Waals surface area (Å²) >= 11 is 0. The summed E-state index contributed by atoms with van der Waals surface area (Å²) in [6.07, 6.45) is 3.46. The van der Waals surface area contributed by atoms with E-state index in [9.17, 15) is 4.79 Å². The van der Waals surface area contributed by atoms with Crippen LogP contribution in [0.4, 0.5) is 0 Å². The number of carbonyl (C=O) groups excluding carboxylic acids is 1. The fraction of sp³-hybridized carbons (Fsp3) is 0.158. The summed E-state index contributed by atoms with van der Waals surface area (Å²) in [5.41, 5.74) is 2.45. The summed E-state index contributed by atoms with van der Waals surface area (Å²) in [4.78, 5) is 19.5. The van der Waals surface area contributed by atoms with Crippen LogP contribution in [0.25, 0.3) is 11.4 Å². The van der Waals surface area contributed by atoms with Crippen LogP contribution in [-0.4, -0.2) is 30.1 Å². The van der Waals surface area contributed by atoms with Crippen LogP contribution in [0.15, 0.2) is 54.9 Å². The maximum Gasteiger partial charge on any atom is 0.251 e. The smallest absolute Gasteiger partial charge is 0.251 e. The lowest BCUT2D eigenvalue weighted by molar-refractivity contribution is 0.0951. The highest BCUT2D eigenvalue weighted by Crippen LogP contribution is 2.27. The number of hydrogen-bond acceptors (Lipinski definition) is 4. The van der Waals surface area contributed by atoms with Gasteiger partial charge in [-0.2, -0.15) is 0 Å². The molecule has 25 heavy (non-hydrogen) atoms. The number of nitrogens with one attached hydrogen (secondary N) is 2. The lowest BCUT2D eigenvalue weighted by Crippen LogP contribution is -2.22. The maximum absolute atomic E-state index is 12.3. The van der Waals surface area contributed by atoms with Crippen LogP contribution in [0.3, 0.4) is 0 Å². The van der Waals surface area contributed by atoms with E-state index in [-0.39, 0.29) is 5.91 Å². The zero-order chi connectivity index (χ0) is 17.6. The highest BCUT2D eigenvalue weighted by molar-refractivity contribution is 5.94. The van der Waals surface area contributed by atoms with Crippen molar-refractivity contribution in [2.45, 2.75) is 6.54 Å². The molecule has 1 heterocycles. The van der Waals surface area contributed by atoms with E-state index in [2.05, 4.69) is 15.3 Å². The predicted octanol–water partition coefficient (Wildman–Crippen LogP) is 3.02. The predicted molar refractivity (Wildman–Crippen MR) is 94.7 cm³/mol. The number of amides is 1. The third kappa shape index (κ3) is 3.80. The number of imidazole rings is 1. The molecule has 6 heteroatoms. The summed E-state index contributed by atoms with van der Waals surface area (Å²) in [5.74, 6) is 1.93. The van der Waals surface area contributed by atoms with E-state index >= 15 is 0 Å². The Hall–Kier alpha value is -3.28. The van der Waals surface area contributed by atoms with Crippen molar-refractivity contribution in [3.63, 3.8) is 0 Å². The van der Waals surface area contributed by atoms with E-state index in [0.29, 0.717) is 23.6 Å². The van der Waals surface area contributed by atoms with E-state index in [4.69, 9.17) is 9.47 Å². The van der Waals surface area contributed by atoms with Crippen molar-refractivity contribution in [3.8, 4) is 22.9 Å². The number of nitrogens with zero attached hydrogens (tertiary/aromatic N) is 1. The Morgan fingerprint density at radius 2 is 1.84 bits per heavy atom. The van der Waals surface area contributed by atoms with Crippen LogP contribution in [0.5, 0.6) is 11.5 Å². The fourth-order valence-corrected chi connectivity index (χ4v) is 2.48. The molecule has 3 rings (SSSR count). The van der Waals surface area contributed by atoms with E-state index < -0.39 is 0 Å². The molecule has 0 unspecified atom stereocenters. The molecule has 0 spiro atoms. The molecule has 0 atom stereocenters. The number of ether oxygens (including phenoxy) is 2. The van der Waals surface area contributed by atoms with Crippen molar-refractivity contribution in [1.29, 1.82) is 0 Å². The van der Waals surface area contributed by atoms with Gasteiger partial charge in [-0.25, -0.2) is 4.98 Å². The first-order chi connectivity index (χ1) is 12.2. The molecule has 6 nitrogen and oxygen atoms in total. The monoisotopic (exact) mass is 337 g/mol. The Morgan fingerprint density at radius 1 is 1.08 bits per heavy atom. The van der Waals surface area contributed by atoms with Gasteiger partial charge in [-0.3, -0.25) is 4.79 Å². The van der Waals surface area contributed by atoms with Gasteiger partial charge in [0.05, 0.1) is 14.2 Å². The highest BCUT2D eigenvalue weighted by atomic mass is 16.5. The Labute approximate surface area is 145 Å². The lowest BCUT2D eigenvalue weighted by atomic mass is 10.1. The summed E-state index contributed by atoms with van der Waals surface area (Å²) in [7, 11) is 3.17. The minimum atomic E-state index is -0.138. The van der Waals surface area contributed by atoms with Gasteiger partial charge in [0, 0.05) is 30.1 Å². The van der Waals surface area contributed by atoms with Gasteiger partial charge in [-0.15, -0.1) is 0 Å². The number of rotatable bonds is 6. The first-order valence-electron chi connectivity index (χ1n) is 7.80. The molecule has 1 aromatic heterocycles. The van der Waals surface area contributed by atoms with Crippen molar-refractivity contribution in [1.82, 2.24) is 15.3 Å². The molecule has 0 fully saturated rings. The first-order valence-corrected chi connectivity index (χ1v) is 7.80. The molecule has 0 saturated heterocycles. The minimum Gasteiger partial charge on any atom is -0.493 e. The molecular weight excluding hydrogens is 318 g/mol. The summed E-state index contributed by atoms with van der Waals surface area (Å²) in [5, 5.41) is 2.90. The van der Waals surface area contributed by atoms with Crippen LogP contribution in [0, 0.1) is 0 Å². The zero-order valence-corrected chi connectivity index (χ0v) is 14.1. The van der Waals surface area contributed by atoms with Gasteiger partial charge in [-0.05, 0) is 29.8 Å². The number of carbonyl (C=O) groups is 1. The molecule has 0 aliphatic rings. The Balaban J connectivity index is 1.64. The van der Waals surface area contributed by atoms with Gasteiger partial charge in [0.15, 0.2) is 11.5 Å². The third-order valence-electron chi connectivity index (χ3n) is 3.82. The van der Waals surface area contributed by atoms with Gasteiger partial charge in [-0.1, -0.05) is 18.2 Å². The second-order valence-electron chi connectivity index (χ2n) is 5.39. The fourth-order valence-electron chi connectivity index (χ4n) is 2.48. The second kappa shape index (κ2) is 7.53. The average Bonchev–Trinajstić information content (AvgIpc) is 3.20. The topological polar surface area (TPSA) is 76.2 Å². The molecule has 1 amide bonds. The van der Waals surface area contributed by atoms with Crippen molar-refractivity contribution < 1.29 is 14.3 Å². The van der Waals surface area contributed by atoms with Crippen LogP contribution in [0.1, 0.15) is 15.9 Å². The molecule has 2 aromatic carbocycles. The number of H-pyrrole nitrogens is 1. The number of aromatic amines is 1. The van der Waals surface area contributed by atoms with Crippen LogP contribution in [-0.2, 0) is 6.54 Å². The molecule has 0 bridgehead atoms. The number of methoxy groups -OCH3 is 2. The number of hydrogen-bond donors (Lipinski definition) is 2. The maximum atomic E-state index is 12.3. The molecular formula is C19H19N3O3. The van der Waals surface area contributed by atoms with Gasteiger partial charge in [0.25, 0.3) is 5.91 Å². The van der Waals surface area contributed by atoms with Crippen molar-refractivity contribution >= 4 is 5.91 Å². The molecule has 3 aromatic rings. The Morgan fingerprint density at radius 3 is 2.48 bits per heavy atom. The van der Waals surface area contributed by atoms with Gasteiger partial charge in [0.2, 0.25) is 0 Å². The quantitative estimate of drug-likeness (QED) is 0.725. The number of benzene rings is 2. The van der Waals surface area contributed by atoms with E-state index in [1.54, 1.807) is 38.7 Å². The molecule has 0 aliphatic heterocycles. The van der Waals surface area contributed by atoms with Crippen molar-refractivity contribution in [2.75, 3.05) is 14.2 Å². The molecule has 0 aliphatic carbocycles. The SMILES string of the molecule is COc1ccc(CNC(=O)c2ccc(-c3ncc[nH]3)cc2)cc1OC. The van der Waals surface area contributed by atoms with Gasteiger partial charge < -0.3 is 19.8 Å². The van der Waals surface area contributed by atoms with Crippen LogP contribution < -0.4 is 14.8 Å². The Kier molecular flexibility index (Phi) is 4.99. The molecule has 0 radical (unpaired) electrons. The molecule has 2 N–H and O–H groups in total. The Bertz CT molecular complexity index is 843. The summed E-state index contributed by atoms with van der Waals surface area (Å²) < 4.78 is 10.5. The second-order valence-corrected chi connectivity index (χ2v) is 5.39. The van der Waals surface area contributed by atoms with Gasteiger partial charge in [0.1, 0.15) is 5.82 Å². The minimum absolute atomic E-state index is 0.138. The summed E-state index contributed by atoms with van der Waals surface area (Å²) in [6, 6.07) is 12.8. The highest BCUT2D eigenvalue weighted by Gasteiger charge is 2.08. The first kappa shape index (κ1) is 16.6. The zero-order valence-electron chi connectivity index (χ0n) is 14.1. The van der Waals surface area contributed by atoms with Crippen molar-refractivity contribution in [3.05, 3.63) is 66.0 Å². The van der Waals surface area contributed by atoms with E-state index in [1.165, 1.54) is 0 Å². The van der Waals surface area contributed by atoms with Crippen LogP contribution >= 0.6 is 0 Å². The van der Waals surface area contributed by atoms with E-state index in [1.807, 2.05) is 30.3 Å². The van der Waals surface area contributed by atoms with E-state index in [0.717, 1.165) is 17.0 Å². The molecule has 0 saturated carbocycles. The lowest BCUT2D eigenvalue weighted by Gasteiger charge is -2.10. The van der Waals surface area contributed by atoms with Gasteiger partial charge >= 0.3 is 0 Å². The largest absolute Gasteiger partial charge is 0.493 e. The standard InChI is InChI=1S/C19H19N3O3/c1-24-16-8-3-13(11-17(16)25-2)12-22-19(23)15-6-4-14(5-7-15)18-20-9-10-21-18/h3-11H,12H2,1-2H3,(H,20,21)(H,22,23). The normalized spacial score (nSPS) is 10.3. The summed E-state index contributed by atoms with van der Waals surface area (Å²) in [6.45, 7) is 0.402. The van der Waals surface area contributed by atoms with Crippen molar-refractivity contribution in [2.24, 2.45) is 0 Å². The third-order valence-corrected chi connectivity index (χ3v) is 3.82. The molecule has 128 valence electrons. The van der Waals surface area contributed by atoms with Crippen LogP contribution in [0.2, 0.25) is 0 Å².